The molecule has 1 atom stereocenters. The van der Waals surface area contributed by atoms with Crippen molar-refractivity contribution in [1.82, 2.24) is 4.98 Å². The largest absolute Gasteiger partial charge is 0.373 e. The maximum absolute atomic E-state index is 3.68. The molecule has 1 aliphatic heterocycles. The van der Waals surface area contributed by atoms with Crippen molar-refractivity contribution in [2.24, 2.45) is 0 Å². The average molecular weight is 338 g/mol. The molecule has 0 spiro atoms. The lowest BCUT2D eigenvalue weighted by atomic mass is 9.70. The molecule has 1 aliphatic carbocycles. The van der Waals surface area contributed by atoms with E-state index in [4.69, 9.17) is 0 Å². The fraction of sp³-hybridized carbons (Fsp3) is 0.250. The molecule has 1 unspecified atom stereocenters. The Morgan fingerprint density at radius 2 is 1.58 bits per heavy atom. The average Bonchev–Trinajstić information content (AvgIpc) is 3.18. The summed E-state index contributed by atoms with van der Waals surface area (Å²) in [6.07, 6.45) is 0. The fourth-order valence-corrected chi connectivity index (χ4v) is 5.50. The number of benzene rings is 3. The van der Waals surface area contributed by atoms with E-state index in [1.54, 1.807) is 0 Å². The Morgan fingerprint density at radius 1 is 0.885 bits per heavy atom. The van der Waals surface area contributed by atoms with Crippen molar-refractivity contribution >= 4 is 27.5 Å². The molecular weight excluding hydrogens is 316 g/mol. The van der Waals surface area contributed by atoms with Gasteiger partial charge in [0.2, 0.25) is 0 Å². The van der Waals surface area contributed by atoms with E-state index in [0.717, 1.165) is 6.54 Å². The second-order valence-electron chi connectivity index (χ2n) is 8.42. The van der Waals surface area contributed by atoms with Gasteiger partial charge < -0.3 is 9.88 Å². The Labute approximate surface area is 153 Å². The first-order chi connectivity index (χ1) is 12.6. The van der Waals surface area contributed by atoms with Crippen LogP contribution in [0.2, 0.25) is 0 Å². The summed E-state index contributed by atoms with van der Waals surface area (Å²) < 4.78 is 0. The van der Waals surface area contributed by atoms with Gasteiger partial charge in [-0.25, -0.2) is 0 Å². The van der Waals surface area contributed by atoms with Crippen LogP contribution in [0.1, 0.15) is 42.0 Å². The topological polar surface area (TPSA) is 19.0 Å². The number of hydrogen-bond acceptors (Lipinski definition) is 1. The molecule has 2 heteroatoms. The molecule has 1 aromatic heterocycles. The van der Waals surface area contributed by atoms with Crippen molar-refractivity contribution in [3.8, 4) is 0 Å². The maximum Gasteiger partial charge on any atom is 0.0468 e. The molecule has 0 bridgehead atoms. The Hall–Kier alpha value is -2.74. The molecule has 4 aromatic rings. The van der Waals surface area contributed by atoms with E-state index in [9.17, 15) is 0 Å². The molecule has 0 saturated heterocycles. The van der Waals surface area contributed by atoms with Crippen LogP contribution in [0.3, 0.4) is 0 Å². The quantitative estimate of drug-likeness (QED) is 0.446. The Kier molecular flexibility index (Phi) is 2.50. The number of aromatic amines is 1. The molecule has 3 aromatic carbocycles. The van der Waals surface area contributed by atoms with Crippen LogP contribution in [0, 0.1) is 0 Å². The van der Waals surface area contributed by atoms with Crippen LogP contribution in [0.25, 0.3) is 21.8 Å². The van der Waals surface area contributed by atoms with E-state index >= 15 is 0 Å². The van der Waals surface area contributed by atoms with E-state index in [0.29, 0.717) is 5.92 Å². The maximum atomic E-state index is 3.68. The number of fused-ring (bicyclic) bond motifs is 1. The molecule has 6 rings (SSSR count). The second kappa shape index (κ2) is 4.50. The summed E-state index contributed by atoms with van der Waals surface area (Å²) in [5.74, 6) is 0.432. The lowest BCUT2D eigenvalue weighted by Crippen LogP contribution is -2.23. The van der Waals surface area contributed by atoms with Crippen LogP contribution in [0.4, 0.5) is 5.69 Å². The summed E-state index contributed by atoms with van der Waals surface area (Å²) in [5.41, 5.74) is 9.77. The van der Waals surface area contributed by atoms with Crippen LogP contribution in [0.5, 0.6) is 0 Å². The fourth-order valence-electron chi connectivity index (χ4n) is 5.50. The van der Waals surface area contributed by atoms with Crippen molar-refractivity contribution in [2.45, 2.75) is 25.2 Å². The van der Waals surface area contributed by atoms with Crippen molar-refractivity contribution < 1.29 is 0 Å². The van der Waals surface area contributed by atoms with Gasteiger partial charge >= 0.3 is 0 Å². The number of anilines is 1. The molecule has 128 valence electrons. The van der Waals surface area contributed by atoms with Gasteiger partial charge in [-0.2, -0.15) is 0 Å². The predicted octanol–water partition coefficient (Wildman–Crippen LogP) is 5.54. The van der Waals surface area contributed by atoms with Crippen LogP contribution in [-0.4, -0.2) is 18.6 Å². The summed E-state index contributed by atoms with van der Waals surface area (Å²) in [5, 5.41) is 2.83. The number of hydrogen-bond donors (Lipinski definition) is 1. The minimum atomic E-state index is -0.0308. The molecule has 26 heavy (non-hydrogen) atoms. The molecule has 2 nitrogen and oxygen atoms in total. The zero-order chi connectivity index (χ0) is 17.6. The highest BCUT2D eigenvalue weighted by Gasteiger charge is 2.39. The standard InChI is InChI=1S/C24H22N2/c1-24(2)16-9-6-12-20-21(16)15(13-26(20)3)14-7-4-10-18-22(14)23-17(24)8-5-11-19(23)25-18/h4-12,15,25H,13H2,1-3H3. The lowest BCUT2D eigenvalue weighted by molar-refractivity contribution is 0.633. The summed E-state index contributed by atoms with van der Waals surface area (Å²) in [7, 11) is 2.23. The van der Waals surface area contributed by atoms with Crippen molar-refractivity contribution in [3.05, 3.63) is 76.9 Å². The summed E-state index contributed by atoms with van der Waals surface area (Å²) in [4.78, 5) is 6.11. The van der Waals surface area contributed by atoms with Crippen LogP contribution in [0.15, 0.2) is 54.6 Å². The number of nitrogens with zero attached hydrogens (tertiary/aromatic N) is 1. The van der Waals surface area contributed by atoms with E-state index in [2.05, 4.69) is 85.4 Å². The van der Waals surface area contributed by atoms with Gasteiger partial charge in [0.15, 0.2) is 0 Å². The lowest BCUT2D eigenvalue weighted by Gasteiger charge is -2.32. The Morgan fingerprint density at radius 3 is 2.42 bits per heavy atom. The number of nitrogens with one attached hydrogen (secondary N) is 1. The van der Waals surface area contributed by atoms with Gasteiger partial charge in [0.05, 0.1) is 0 Å². The first-order valence-electron chi connectivity index (χ1n) is 9.45. The van der Waals surface area contributed by atoms with E-state index in [-0.39, 0.29) is 5.41 Å². The number of aromatic nitrogens is 1. The third kappa shape index (κ3) is 1.54. The number of rotatable bonds is 0. The highest BCUT2D eigenvalue weighted by molar-refractivity contribution is 6.12. The SMILES string of the molecule is CN1CC2c3c1cccc3C(C)(C)c1cccc3[nH]c4cccc2c4c13. The van der Waals surface area contributed by atoms with Gasteiger partial charge in [0.1, 0.15) is 0 Å². The third-order valence-corrected chi connectivity index (χ3v) is 6.70. The molecule has 0 amide bonds. The van der Waals surface area contributed by atoms with Crippen LogP contribution < -0.4 is 4.90 Å². The highest BCUT2D eigenvalue weighted by atomic mass is 15.1. The zero-order valence-electron chi connectivity index (χ0n) is 15.4. The molecule has 1 N–H and O–H groups in total. The van der Waals surface area contributed by atoms with E-state index in [1.807, 2.05) is 0 Å². The van der Waals surface area contributed by atoms with Gasteiger partial charge in [0, 0.05) is 52.4 Å². The molecule has 2 aliphatic rings. The van der Waals surface area contributed by atoms with E-state index < -0.39 is 0 Å². The molecule has 0 fully saturated rings. The molecule has 0 saturated carbocycles. The van der Waals surface area contributed by atoms with Gasteiger partial charge in [0.25, 0.3) is 0 Å². The first kappa shape index (κ1) is 14.4. The van der Waals surface area contributed by atoms with Crippen molar-refractivity contribution in [3.63, 3.8) is 0 Å². The van der Waals surface area contributed by atoms with Crippen molar-refractivity contribution in [2.75, 3.05) is 18.5 Å². The zero-order valence-corrected chi connectivity index (χ0v) is 15.4. The second-order valence-corrected chi connectivity index (χ2v) is 8.42. The summed E-state index contributed by atoms with van der Waals surface area (Å²) in [6, 6.07) is 20.4. The minimum Gasteiger partial charge on any atom is -0.373 e. The smallest absolute Gasteiger partial charge is 0.0468 e. The van der Waals surface area contributed by atoms with Gasteiger partial charge in [-0.1, -0.05) is 50.2 Å². The minimum absolute atomic E-state index is 0.0308. The predicted molar refractivity (Wildman–Crippen MR) is 109 cm³/mol. The summed E-state index contributed by atoms with van der Waals surface area (Å²) in [6.45, 7) is 5.83. The first-order valence-corrected chi connectivity index (χ1v) is 9.45. The number of H-pyrrole nitrogens is 1. The summed E-state index contributed by atoms with van der Waals surface area (Å²) >= 11 is 0. The Bertz CT molecular complexity index is 1210. The monoisotopic (exact) mass is 338 g/mol. The van der Waals surface area contributed by atoms with E-state index in [1.165, 1.54) is 49.7 Å². The van der Waals surface area contributed by atoms with Crippen molar-refractivity contribution in [1.29, 1.82) is 0 Å². The van der Waals surface area contributed by atoms with Gasteiger partial charge in [-0.3, -0.25) is 0 Å². The van der Waals surface area contributed by atoms with Crippen LogP contribution in [-0.2, 0) is 5.41 Å². The molecular formula is C24H22N2. The number of likely N-dealkylation sites (N-methyl/N-ethyl adjacent to an activating group) is 1. The molecule has 2 heterocycles. The van der Waals surface area contributed by atoms with Crippen LogP contribution >= 0.6 is 0 Å². The van der Waals surface area contributed by atoms with Gasteiger partial charge in [-0.15, -0.1) is 0 Å². The third-order valence-electron chi connectivity index (χ3n) is 6.70. The highest BCUT2D eigenvalue weighted by Crippen LogP contribution is 2.52. The Balaban J connectivity index is 1.90. The normalized spacial score (nSPS) is 19.8. The molecule has 0 radical (unpaired) electrons. The van der Waals surface area contributed by atoms with Gasteiger partial charge in [-0.05, 0) is 40.5 Å².